The number of ether oxygens (including phenoxy) is 2. The van der Waals surface area contributed by atoms with E-state index < -0.39 is 55.1 Å². The minimum Gasteiger partial charge on any atom is -0.458 e. The van der Waals surface area contributed by atoms with Crippen molar-refractivity contribution in [2.45, 2.75) is 50.8 Å². The fraction of sp³-hybridized carbons (Fsp3) is 0.667. The Morgan fingerprint density at radius 3 is 2.74 bits per heavy atom. The van der Waals surface area contributed by atoms with Crippen molar-refractivity contribution in [3.05, 3.63) is 26.9 Å². The zero-order valence-electron chi connectivity index (χ0n) is 14.7. The van der Waals surface area contributed by atoms with Crippen molar-refractivity contribution in [3.8, 4) is 0 Å². The van der Waals surface area contributed by atoms with Gasteiger partial charge in [0, 0.05) is 6.20 Å². The van der Waals surface area contributed by atoms with Crippen LogP contribution >= 0.6 is 12.2 Å². The largest absolute Gasteiger partial charge is 0.458 e. The van der Waals surface area contributed by atoms with Gasteiger partial charge in [0.05, 0.1) is 12.2 Å². The lowest BCUT2D eigenvalue weighted by Gasteiger charge is -2.24. The zero-order chi connectivity index (χ0) is 20.5. The topological polar surface area (TPSA) is 160 Å². The van der Waals surface area contributed by atoms with Gasteiger partial charge in [0.25, 0.3) is 11.4 Å². The van der Waals surface area contributed by atoms with E-state index in [1.165, 1.54) is 0 Å². The molecule has 1 aromatic heterocycles. The van der Waals surface area contributed by atoms with E-state index in [0.29, 0.717) is 0 Å². The first-order valence-corrected chi connectivity index (χ1v) is 8.53. The highest BCUT2D eigenvalue weighted by molar-refractivity contribution is 7.71. The molecule has 0 amide bonds. The van der Waals surface area contributed by atoms with E-state index in [4.69, 9.17) is 27.4 Å². The first kappa shape index (κ1) is 21.6. The van der Waals surface area contributed by atoms with Gasteiger partial charge in [0.2, 0.25) is 0 Å². The zero-order valence-corrected chi connectivity index (χ0v) is 15.5. The maximum absolute atomic E-state index is 15.0. The Hall–Kier alpha value is -1.70. The van der Waals surface area contributed by atoms with Gasteiger partial charge in [0.1, 0.15) is 18.2 Å². The van der Waals surface area contributed by atoms with Crippen molar-refractivity contribution >= 4 is 18.2 Å². The van der Waals surface area contributed by atoms with E-state index in [1.54, 1.807) is 13.8 Å². The standard InChI is InChI=1S/C15H22FN3O7S/c1-6(2)8(17)13(24)25-5-15(16)10(22)9(21)12(26-15)19-3-7(4-20)11(23)18-14(19)27/h3,6,8-10,12,20-22H,4-5,17H2,1-2H3,(H,18,23,27)/t8-,9+,10-,12+,15+/m0/s1. The molecule has 0 aliphatic carbocycles. The Morgan fingerprint density at radius 2 is 2.19 bits per heavy atom. The Balaban J connectivity index is 2.23. The van der Waals surface area contributed by atoms with Gasteiger partial charge < -0.3 is 30.5 Å². The van der Waals surface area contributed by atoms with Gasteiger partial charge in [0.15, 0.2) is 17.6 Å². The Bertz CT molecular complexity index is 813. The number of halogens is 1. The van der Waals surface area contributed by atoms with Gasteiger partial charge in [-0.1, -0.05) is 13.8 Å². The number of hydrogen-bond donors (Lipinski definition) is 5. The summed E-state index contributed by atoms with van der Waals surface area (Å²) in [4.78, 5) is 25.7. The smallest absolute Gasteiger partial charge is 0.323 e. The van der Waals surface area contributed by atoms with Gasteiger partial charge in [-0.2, -0.15) is 0 Å². The number of H-pyrrole nitrogens is 1. The molecule has 0 radical (unpaired) electrons. The second-order valence-corrected chi connectivity index (χ2v) is 6.97. The predicted octanol–water partition coefficient (Wildman–Crippen LogP) is -1.16. The fourth-order valence-electron chi connectivity index (χ4n) is 2.46. The van der Waals surface area contributed by atoms with Crippen molar-refractivity contribution in [2.75, 3.05) is 6.61 Å². The third kappa shape index (κ3) is 4.25. The number of nitrogens with zero attached hydrogens (tertiary/aromatic N) is 1. The molecule has 2 rings (SSSR count). The molecule has 152 valence electrons. The van der Waals surface area contributed by atoms with Crippen LogP contribution in [0.5, 0.6) is 0 Å². The number of alkyl halides is 1. The van der Waals surface area contributed by atoms with Crippen LogP contribution in [0.1, 0.15) is 25.6 Å². The summed E-state index contributed by atoms with van der Waals surface area (Å²) in [7, 11) is 0. The van der Waals surface area contributed by atoms with Crippen LogP contribution in [-0.2, 0) is 20.9 Å². The molecule has 27 heavy (non-hydrogen) atoms. The third-order valence-electron chi connectivity index (χ3n) is 4.26. The Kier molecular flexibility index (Phi) is 6.50. The SMILES string of the molecule is CC(C)[C@H](N)C(=O)OC[C@@]1(F)O[C@@H](n2cc(CO)c(=O)[nH]c2=S)[C@H](O)[C@@H]1O. The molecule has 6 N–H and O–H groups in total. The molecule has 0 bridgehead atoms. The minimum absolute atomic E-state index is 0.111. The minimum atomic E-state index is -2.93. The van der Waals surface area contributed by atoms with Crippen LogP contribution in [0, 0.1) is 10.7 Å². The van der Waals surface area contributed by atoms with E-state index in [-0.39, 0.29) is 16.3 Å². The van der Waals surface area contributed by atoms with Crippen LogP contribution in [0.4, 0.5) is 4.39 Å². The lowest BCUT2D eigenvalue weighted by molar-refractivity contribution is -0.217. The van der Waals surface area contributed by atoms with Crippen molar-refractivity contribution in [1.82, 2.24) is 9.55 Å². The number of nitrogens with one attached hydrogen (secondary N) is 1. The number of nitrogens with two attached hydrogens (primary N) is 1. The summed E-state index contributed by atoms with van der Waals surface area (Å²) in [5, 5.41) is 29.4. The van der Waals surface area contributed by atoms with Crippen molar-refractivity contribution < 1.29 is 34.0 Å². The molecular weight excluding hydrogens is 385 g/mol. The van der Waals surface area contributed by atoms with E-state index in [9.17, 15) is 29.3 Å². The highest BCUT2D eigenvalue weighted by Gasteiger charge is 2.57. The molecule has 2 heterocycles. The van der Waals surface area contributed by atoms with Crippen LogP contribution in [0.15, 0.2) is 11.0 Å². The molecule has 1 aliphatic heterocycles. The fourth-order valence-corrected chi connectivity index (χ4v) is 2.71. The Morgan fingerprint density at radius 1 is 1.56 bits per heavy atom. The number of carbonyl (C=O) groups excluding carboxylic acids is 1. The number of aromatic nitrogens is 2. The molecule has 12 heteroatoms. The van der Waals surface area contributed by atoms with E-state index in [0.717, 1.165) is 10.8 Å². The first-order chi connectivity index (χ1) is 12.5. The number of esters is 1. The lowest BCUT2D eigenvalue weighted by atomic mass is 10.1. The van der Waals surface area contributed by atoms with Crippen molar-refractivity contribution in [3.63, 3.8) is 0 Å². The van der Waals surface area contributed by atoms with Gasteiger partial charge in [-0.25, -0.2) is 4.39 Å². The van der Waals surface area contributed by atoms with E-state index in [2.05, 4.69) is 4.98 Å². The summed E-state index contributed by atoms with van der Waals surface area (Å²) in [6, 6.07) is -0.993. The molecule has 0 saturated carbocycles. The second kappa shape index (κ2) is 8.12. The normalized spacial score (nSPS) is 29.1. The van der Waals surface area contributed by atoms with Crippen LogP contribution < -0.4 is 11.3 Å². The molecule has 5 atom stereocenters. The maximum Gasteiger partial charge on any atom is 0.323 e. The molecule has 0 spiro atoms. The van der Waals surface area contributed by atoms with Gasteiger partial charge in [-0.3, -0.25) is 19.1 Å². The lowest BCUT2D eigenvalue weighted by Crippen LogP contribution is -2.46. The number of aliphatic hydroxyl groups is 3. The quantitative estimate of drug-likeness (QED) is 0.289. The average molecular weight is 407 g/mol. The predicted molar refractivity (Wildman–Crippen MR) is 91.6 cm³/mol. The number of hydrogen-bond acceptors (Lipinski definition) is 9. The summed E-state index contributed by atoms with van der Waals surface area (Å²) in [5.74, 6) is -4.07. The summed E-state index contributed by atoms with van der Waals surface area (Å²) in [6.07, 6.45) is -4.32. The molecule has 1 aromatic rings. The number of rotatable bonds is 6. The van der Waals surface area contributed by atoms with E-state index in [1.807, 2.05) is 0 Å². The summed E-state index contributed by atoms with van der Waals surface area (Å²) < 4.78 is 25.6. The highest BCUT2D eigenvalue weighted by Crippen LogP contribution is 2.38. The van der Waals surface area contributed by atoms with Crippen LogP contribution in [0.25, 0.3) is 0 Å². The highest BCUT2D eigenvalue weighted by atomic mass is 32.1. The monoisotopic (exact) mass is 407 g/mol. The molecule has 0 aromatic carbocycles. The number of carbonyl (C=O) groups is 1. The molecule has 1 fully saturated rings. The summed E-state index contributed by atoms with van der Waals surface area (Å²) in [6.45, 7) is 1.70. The van der Waals surface area contributed by atoms with Crippen molar-refractivity contribution in [1.29, 1.82) is 0 Å². The van der Waals surface area contributed by atoms with Crippen LogP contribution in [-0.4, -0.2) is 61.6 Å². The van der Waals surface area contributed by atoms with Crippen LogP contribution in [0.2, 0.25) is 0 Å². The maximum atomic E-state index is 15.0. The molecule has 10 nitrogen and oxygen atoms in total. The molecule has 0 unspecified atom stereocenters. The number of aliphatic hydroxyl groups excluding tert-OH is 3. The second-order valence-electron chi connectivity index (χ2n) is 6.59. The van der Waals surface area contributed by atoms with Gasteiger partial charge in [-0.15, -0.1) is 0 Å². The third-order valence-corrected chi connectivity index (χ3v) is 4.57. The average Bonchev–Trinajstić information content (AvgIpc) is 2.84. The van der Waals surface area contributed by atoms with Crippen LogP contribution in [0.3, 0.4) is 0 Å². The first-order valence-electron chi connectivity index (χ1n) is 8.12. The number of aromatic amines is 1. The van der Waals surface area contributed by atoms with Gasteiger partial charge in [-0.05, 0) is 18.1 Å². The summed E-state index contributed by atoms with van der Waals surface area (Å²) in [5.41, 5.74) is 4.84. The summed E-state index contributed by atoms with van der Waals surface area (Å²) >= 11 is 4.95. The molecule has 1 saturated heterocycles. The van der Waals surface area contributed by atoms with Crippen molar-refractivity contribution in [2.24, 2.45) is 11.7 Å². The van der Waals surface area contributed by atoms with E-state index >= 15 is 0 Å². The molecule has 1 aliphatic rings. The molecular formula is C15H22FN3O7S. The Labute approximate surface area is 158 Å². The van der Waals surface area contributed by atoms with Gasteiger partial charge >= 0.3 is 5.97 Å².